The Morgan fingerprint density at radius 3 is 1.14 bits per heavy atom. The van der Waals surface area contributed by atoms with Crippen molar-refractivity contribution >= 4 is 11.9 Å². The Bertz CT molecular complexity index is 770. The van der Waals surface area contributed by atoms with Gasteiger partial charge in [0.1, 0.15) is 11.1 Å². The molecular weight excluding hydrogens is 356 g/mol. The largest absolute Gasteiger partial charge is 0.468 e. The van der Waals surface area contributed by atoms with Crippen molar-refractivity contribution in [1.82, 2.24) is 0 Å². The maximum atomic E-state index is 11.5. The van der Waals surface area contributed by atoms with Crippen LogP contribution < -0.4 is 11.5 Å². The van der Waals surface area contributed by atoms with E-state index in [0.29, 0.717) is 25.7 Å². The van der Waals surface area contributed by atoms with Gasteiger partial charge in [-0.3, -0.25) is 9.59 Å². The van der Waals surface area contributed by atoms with E-state index in [1.807, 2.05) is 48.5 Å². The van der Waals surface area contributed by atoms with Crippen molar-refractivity contribution in [2.45, 2.75) is 36.8 Å². The van der Waals surface area contributed by atoms with Crippen molar-refractivity contribution in [1.29, 1.82) is 0 Å². The van der Waals surface area contributed by atoms with Crippen LogP contribution >= 0.6 is 0 Å². The van der Waals surface area contributed by atoms with Crippen molar-refractivity contribution < 1.29 is 19.1 Å². The highest BCUT2D eigenvalue weighted by Gasteiger charge is 2.41. The number of fused-ring (bicyclic) bond motifs is 2. The molecule has 0 fully saturated rings. The normalized spacial score (nSPS) is 17.6. The van der Waals surface area contributed by atoms with Gasteiger partial charge in [-0.1, -0.05) is 48.5 Å². The van der Waals surface area contributed by atoms with E-state index in [4.69, 9.17) is 20.9 Å². The van der Waals surface area contributed by atoms with E-state index in [1.54, 1.807) is 0 Å². The fourth-order valence-electron chi connectivity index (χ4n) is 3.98. The first-order valence-corrected chi connectivity index (χ1v) is 9.19. The Kier molecular flexibility index (Phi) is 5.54. The van der Waals surface area contributed by atoms with E-state index >= 15 is 0 Å². The molecule has 0 radical (unpaired) electrons. The topological polar surface area (TPSA) is 105 Å². The Balaban J connectivity index is 0.000000161. The molecule has 0 bridgehead atoms. The predicted molar refractivity (Wildman–Crippen MR) is 106 cm³/mol. The molecule has 2 aromatic carbocycles. The summed E-state index contributed by atoms with van der Waals surface area (Å²) in [5.74, 6) is -0.651. The van der Waals surface area contributed by atoms with Crippen molar-refractivity contribution in [3.05, 3.63) is 70.8 Å². The van der Waals surface area contributed by atoms with E-state index in [0.717, 1.165) is 22.3 Å². The number of ether oxygens (including phenoxy) is 2. The molecule has 0 saturated carbocycles. The summed E-state index contributed by atoms with van der Waals surface area (Å²) in [6.45, 7) is 0. The Labute approximate surface area is 164 Å². The molecule has 2 aliphatic rings. The molecule has 0 aromatic heterocycles. The summed E-state index contributed by atoms with van der Waals surface area (Å²) in [6, 6.07) is 15.9. The number of methoxy groups -OCH3 is 2. The van der Waals surface area contributed by atoms with Gasteiger partial charge in [0.25, 0.3) is 0 Å². The number of hydrogen-bond acceptors (Lipinski definition) is 6. The zero-order chi connectivity index (χ0) is 20.4. The fraction of sp³-hybridized carbons (Fsp3) is 0.364. The monoisotopic (exact) mass is 382 g/mol. The van der Waals surface area contributed by atoms with Gasteiger partial charge in [-0.15, -0.1) is 0 Å². The molecule has 4 rings (SSSR count). The number of hydrogen-bond donors (Lipinski definition) is 2. The lowest BCUT2D eigenvalue weighted by atomic mass is 9.98. The molecule has 28 heavy (non-hydrogen) atoms. The molecule has 6 nitrogen and oxygen atoms in total. The average Bonchev–Trinajstić information content (AvgIpc) is 3.24. The highest BCUT2D eigenvalue weighted by molar-refractivity contribution is 5.83. The number of esters is 2. The van der Waals surface area contributed by atoms with Gasteiger partial charge in [0.2, 0.25) is 0 Å². The maximum Gasteiger partial charge on any atom is 0.326 e. The third-order valence-corrected chi connectivity index (χ3v) is 5.44. The van der Waals surface area contributed by atoms with E-state index in [9.17, 15) is 9.59 Å². The van der Waals surface area contributed by atoms with Gasteiger partial charge in [-0.2, -0.15) is 0 Å². The molecule has 0 unspecified atom stereocenters. The molecule has 0 atom stereocenters. The van der Waals surface area contributed by atoms with E-state index in [2.05, 4.69) is 0 Å². The summed E-state index contributed by atoms with van der Waals surface area (Å²) >= 11 is 0. The first-order chi connectivity index (χ1) is 13.3. The summed E-state index contributed by atoms with van der Waals surface area (Å²) in [5, 5.41) is 0. The Morgan fingerprint density at radius 2 is 0.929 bits per heavy atom. The summed E-state index contributed by atoms with van der Waals surface area (Å²) < 4.78 is 9.41. The SMILES string of the molecule is COC(=O)C1(N)Cc2ccccc2C1.COC(=O)C1(N)Cc2ccccc2C1. The standard InChI is InChI=1S/2C11H13NO2/c2*1-14-10(13)11(12)6-8-4-2-3-5-9(8)7-11/h2*2-5H,6-7,12H2,1H3. The van der Waals surface area contributed by atoms with Crippen LogP contribution in [0.25, 0.3) is 0 Å². The van der Waals surface area contributed by atoms with Crippen LogP contribution in [-0.2, 0) is 44.7 Å². The summed E-state index contributed by atoms with van der Waals surface area (Å²) in [6.07, 6.45) is 2.32. The maximum absolute atomic E-state index is 11.5. The molecule has 4 N–H and O–H groups in total. The van der Waals surface area contributed by atoms with Gasteiger partial charge in [0.05, 0.1) is 14.2 Å². The van der Waals surface area contributed by atoms with Gasteiger partial charge < -0.3 is 20.9 Å². The molecule has 0 spiro atoms. The zero-order valence-corrected chi connectivity index (χ0v) is 16.2. The van der Waals surface area contributed by atoms with Gasteiger partial charge in [-0.25, -0.2) is 0 Å². The fourth-order valence-corrected chi connectivity index (χ4v) is 3.98. The lowest BCUT2D eigenvalue weighted by molar-refractivity contribution is -0.147. The van der Waals surface area contributed by atoms with Crippen LogP contribution in [0.3, 0.4) is 0 Å². The Hall–Kier alpha value is -2.70. The molecule has 0 heterocycles. The van der Waals surface area contributed by atoms with Crippen LogP contribution in [0.15, 0.2) is 48.5 Å². The lowest BCUT2D eigenvalue weighted by Gasteiger charge is -2.19. The average molecular weight is 382 g/mol. The van der Waals surface area contributed by atoms with Gasteiger partial charge in [-0.05, 0) is 22.3 Å². The van der Waals surface area contributed by atoms with Gasteiger partial charge >= 0.3 is 11.9 Å². The van der Waals surface area contributed by atoms with Gasteiger partial charge in [0.15, 0.2) is 0 Å². The number of benzene rings is 2. The number of carbonyl (C=O) groups is 2. The molecule has 6 heteroatoms. The van der Waals surface area contributed by atoms with Crippen molar-refractivity contribution in [2.24, 2.45) is 11.5 Å². The quantitative estimate of drug-likeness (QED) is 0.759. The first-order valence-electron chi connectivity index (χ1n) is 9.19. The van der Waals surface area contributed by atoms with Crippen molar-refractivity contribution in [3.63, 3.8) is 0 Å². The second kappa shape index (κ2) is 7.73. The minimum absolute atomic E-state index is 0.325. The molecule has 2 aromatic rings. The summed E-state index contributed by atoms with van der Waals surface area (Å²) in [7, 11) is 2.75. The first kappa shape index (κ1) is 20.0. The van der Waals surface area contributed by atoms with Crippen LogP contribution in [0.5, 0.6) is 0 Å². The Morgan fingerprint density at radius 1 is 0.679 bits per heavy atom. The number of carbonyl (C=O) groups excluding carboxylic acids is 2. The second-order valence-electron chi connectivity index (χ2n) is 7.54. The number of nitrogens with two attached hydrogens (primary N) is 2. The van der Waals surface area contributed by atoms with E-state index in [1.165, 1.54) is 14.2 Å². The van der Waals surface area contributed by atoms with Crippen molar-refractivity contribution in [3.8, 4) is 0 Å². The van der Waals surface area contributed by atoms with Crippen molar-refractivity contribution in [2.75, 3.05) is 14.2 Å². The second-order valence-corrected chi connectivity index (χ2v) is 7.54. The molecule has 148 valence electrons. The molecule has 0 saturated heterocycles. The number of rotatable bonds is 2. The highest BCUT2D eigenvalue weighted by atomic mass is 16.5. The van der Waals surface area contributed by atoms with Crippen LogP contribution in [0.1, 0.15) is 22.3 Å². The third-order valence-electron chi connectivity index (χ3n) is 5.44. The molecule has 2 aliphatic carbocycles. The molecular formula is C22H26N2O4. The zero-order valence-electron chi connectivity index (χ0n) is 16.2. The summed E-state index contributed by atoms with van der Waals surface area (Å²) in [4.78, 5) is 22.9. The lowest BCUT2D eigenvalue weighted by Crippen LogP contribution is -2.49. The molecule has 0 amide bonds. The highest BCUT2D eigenvalue weighted by Crippen LogP contribution is 2.29. The minimum Gasteiger partial charge on any atom is -0.468 e. The van der Waals surface area contributed by atoms with Crippen LogP contribution in [0.4, 0.5) is 0 Å². The minimum atomic E-state index is -0.849. The van der Waals surface area contributed by atoms with Crippen LogP contribution in [0.2, 0.25) is 0 Å². The molecule has 0 aliphatic heterocycles. The summed E-state index contributed by atoms with van der Waals surface area (Å²) in [5.41, 5.74) is 14.9. The third kappa shape index (κ3) is 3.79. The van der Waals surface area contributed by atoms with E-state index < -0.39 is 11.1 Å². The van der Waals surface area contributed by atoms with Crippen LogP contribution in [-0.4, -0.2) is 37.2 Å². The predicted octanol–water partition coefficient (Wildman–Crippen LogP) is 1.31. The van der Waals surface area contributed by atoms with E-state index in [-0.39, 0.29) is 11.9 Å². The van der Waals surface area contributed by atoms with Gasteiger partial charge in [0, 0.05) is 25.7 Å². The smallest absolute Gasteiger partial charge is 0.326 e. The van der Waals surface area contributed by atoms with Crippen LogP contribution in [0, 0.1) is 0 Å².